The fraction of sp³-hybridized carbons (Fsp3) is 0.894. The SMILES string of the molecule is CCC(C)(C)C(=O)OC1(C(C)C)C2CC3CC(C2)CC1C3.CCC(C)(C)C(=O)OC12CC3CC(CC(O)(C3)C1)C2.CCC(C)(C)C(=O)OC1CCOC1=O.CCC(C)(C)C(=O)OCC(=O)OCC(=O)OC1(C)C2CC3CC(C2)CC1C3. The second kappa shape index (κ2) is 24.7. The summed E-state index contributed by atoms with van der Waals surface area (Å²) >= 11 is 0. The molecule has 0 radical (unpaired) electrons. The van der Waals surface area contributed by atoms with E-state index in [9.17, 15) is 38.7 Å². The second-order valence-electron chi connectivity index (χ2n) is 30.5. The third-order valence-corrected chi connectivity index (χ3v) is 22.5. The molecule has 460 valence electrons. The van der Waals surface area contributed by atoms with Gasteiger partial charge in [-0.1, -0.05) is 41.5 Å². The van der Waals surface area contributed by atoms with Crippen molar-refractivity contribution in [3.05, 3.63) is 0 Å². The normalized spacial score (nSPS) is 36.4. The molecule has 1 aliphatic heterocycles. The molecule has 13 fully saturated rings. The standard InChI is InChI=1S/C21H32O6.C19H32O2.C16H26O3.C10H16O4/c1-5-20(2,3)19(24)26-11-17(22)25-12-18(23)27-21(4)15-7-13-6-14(9-15)10-16(21)8-13;1-6-18(4,5)17(20)21-19(12(2)3)15-8-13-7-14(10-15)11-16(19)9-13;1-4-14(2,3)13(17)19-16-8-11-5-12(9-16)7-15(18,6-11)10-16;1-4-10(2,3)9(12)14-7-5-6-13-8(7)11/h13-16H,5-12H2,1-4H3;12-16H,6-11H2,1-5H3;11-12,18H,4-10H2,1-3H3;7H,4-6H2,1-3H3. The first-order chi connectivity index (χ1) is 37.7. The zero-order valence-electron chi connectivity index (χ0n) is 52.6. The zero-order chi connectivity index (χ0) is 59.9. The van der Waals surface area contributed by atoms with Gasteiger partial charge in [-0.05, 0) is 249 Å². The Kier molecular flexibility index (Phi) is 19.8. The van der Waals surface area contributed by atoms with Gasteiger partial charge in [0.25, 0.3) is 0 Å². The summed E-state index contributed by atoms with van der Waals surface area (Å²) in [6.45, 7) is 29.0. The van der Waals surface area contributed by atoms with Gasteiger partial charge in [-0.2, -0.15) is 0 Å². The van der Waals surface area contributed by atoms with Crippen LogP contribution in [0.1, 0.15) is 239 Å². The van der Waals surface area contributed by atoms with Gasteiger partial charge in [-0.3, -0.25) is 19.2 Å². The molecule has 3 unspecified atom stereocenters. The Morgan fingerprint density at radius 2 is 0.938 bits per heavy atom. The van der Waals surface area contributed by atoms with E-state index >= 15 is 0 Å². The number of hydrogen-bond donors (Lipinski definition) is 1. The highest BCUT2D eigenvalue weighted by molar-refractivity contribution is 5.83. The fourth-order valence-electron chi connectivity index (χ4n) is 16.5. The van der Waals surface area contributed by atoms with Gasteiger partial charge in [-0.25, -0.2) is 14.4 Å². The topological polar surface area (TPSA) is 204 Å². The zero-order valence-corrected chi connectivity index (χ0v) is 52.6. The Morgan fingerprint density at radius 3 is 1.36 bits per heavy atom. The smallest absolute Gasteiger partial charge is 0.347 e. The molecule has 12 aliphatic carbocycles. The molecule has 0 amide bonds. The van der Waals surface area contributed by atoms with E-state index in [1.165, 1.54) is 44.9 Å². The van der Waals surface area contributed by atoms with Crippen LogP contribution in [0.2, 0.25) is 0 Å². The lowest BCUT2D eigenvalue weighted by Crippen LogP contribution is -2.63. The summed E-state index contributed by atoms with van der Waals surface area (Å²) < 4.78 is 37.9. The number of carbonyl (C=O) groups excluding carboxylic acids is 7. The van der Waals surface area contributed by atoms with Gasteiger partial charge in [-0.15, -0.1) is 0 Å². The summed E-state index contributed by atoms with van der Waals surface area (Å²) in [6.07, 6.45) is 20.9. The summed E-state index contributed by atoms with van der Waals surface area (Å²) in [5.74, 6) is 4.53. The van der Waals surface area contributed by atoms with Gasteiger partial charge in [0, 0.05) is 12.8 Å². The molecule has 0 spiro atoms. The first-order valence-electron chi connectivity index (χ1n) is 31.8. The summed E-state index contributed by atoms with van der Waals surface area (Å²) in [7, 11) is 0. The van der Waals surface area contributed by atoms with Crippen molar-refractivity contribution in [1.29, 1.82) is 0 Å². The fourth-order valence-corrected chi connectivity index (χ4v) is 16.5. The van der Waals surface area contributed by atoms with E-state index in [1.54, 1.807) is 27.7 Å². The Hall–Kier alpha value is -3.75. The molecule has 13 rings (SSSR count). The van der Waals surface area contributed by atoms with Crippen molar-refractivity contribution in [2.45, 2.75) is 267 Å². The predicted octanol–water partition coefficient (Wildman–Crippen LogP) is 12.4. The molecule has 0 aromatic rings. The molecular weight excluding hydrogens is 1030 g/mol. The quantitative estimate of drug-likeness (QED) is 0.106. The van der Waals surface area contributed by atoms with Crippen LogP contribution in [0, 0.1) is 86.8 Å². The van der Waals surface area contributed by atoms with E-state index in [0.717, 1.165) is 87.9 Å². The highest BCUT2D eigenvalue weighted by atomic mass is 16.6. The van der Waals surface area contributed by atoms with Crippen molar-refractivity contribution in [1.82, 2.24) is 0 Å². The highest BCUT2D eigenvalue weighted by Gasteiger charge is 2.63. The summed E-state index contributed by atoms with van der Waals surface area (Å²) in [5, 5.41) is 10.6. The number of esters is 7. The maximum atomic E-state index is 12.8. The molecule has 12 saturated carbocycles. The lowest BCUT2D eigenvalue weighted by atomic mass is 9.47. The number of aliphatic hydroxyl groups is 1. The van der Waals surface area contributed by atoms with Gasteiger partial charge in [0.15, 0.2) is 13.2 Å². The summed E-state index contributed by atoms with van der Waals surface area (Å²) in [4.78, 5) is 83.7. The minimum atomic E-state index is -0.734. The molecule has 81 heavy (non-hydrogen) atoms. The van der Waals surface area contributed by atoms with Crippen molar-refractivity contribution in [3.8, 4) is 0 Å². The van der Waals surface area contributed by atoms with E-state index < -0.39 is 70.6 Å². The molecule has 1 N–H and O–H groups in total. The third-order valence-electron chi connectivity index (χ3n) is 22.5. The molecule has 15 heteroatoms. The second-order valence-corrected chi connectivity index (χ2v) is 30.5. The van der Waals surface area contributed by atoms with Crippen molar-refractivity contribution in [3.63, 3.8) is 0 Å². The molecular formula is C66H106O15. The van der Waals surface area contributed by atoms with Crippen LogP contribution in [0.15, 0.2) is 0 Å². The first-order valence-corrected chi connectivity index (χ1v) is 31.8. The predicted molar refractivity (Wildman–Crippen MR) is 304 cm³/mol. The number of hydrogen-bond acceptors (Lipinski definition) is 15. The van der Waals surface area contributed by atoms with Gasteiger partial charge in [0.05, 0.1) is 33.9 Å². The maximum Gasteiger partial charge on any atom is 0.347 e. The van der Waals surface area contributed by atoms with Gasteiger partial charge >= 0.3 is 41.8 Å². The van der Waals surface area contributed by atoms with Crippen LogP contribution < -0.4 is 0 Å². The van der Waals surface area contributed by atoms with Gasteiger partial charge < -0.3 is 38.3 Å². The average molecular weight is 1140 g/mol. The molecule has 12 bridgehead atoms. The number of cyclic esters (lactones) is 1. The van der Waals surface area contributed by atoms with E-state index in [0.29, 0.717) is 73.7 Å². The van der Waals surface area contributed by atoms with Gasteiger partial charge in [0.1, 0.15) is 16.8 Å². The van der Waals surface area contributed by atoms with Crippen LogP contribution in [-0.4, -0.2) is 95.2 Å². The molecule has 0 aromatic carbocycles. The number of ether oxygens (including phenoxy) is 7. The van der Waals surface area contributed by atoms with Crippen molar-refractivity contribution < 1.29 is 71.8 Å². The molecule has 3 atom stereocenters. The van der Waals surface area contributed by atoms with Crippen LogP contribution >= 0.6 is 0 Å². The Balaban J connectivity index is 0.000000160. The van der Waals surface area contributed by atoms with E-state index in [2.05, 4.69) is 27.7 Å². The van der Waals surface area contributed by atoms with Crippen molar-refractivity contribution in [2.24, 2.45) is 86.8 Å². The van der Waals surface area contributed by atoms with Crippen LogP contribution in [-0.2, 0) is 66.7 Å². The molecule has 1 saturated heterocycles. The van der Waals surface area contributed by atoms with Crippen LogP contribution in [0.25, 0.3) is 0 Å². The first kappa shape index (κ1) is 64.8. The lowest BCUT2D eigenvalue weighted by molar-refractivity contribution is -0.231. The third kappa shape index (κ3) is 14.3. The molecule has 15 nitrogen and oxygen atoms in total. The van der Waals surface area contributed by atoms with E-state index in [1.807, 2.05) is 48.5 Å². The monoisotopic (exact) mass is 1140 g/mol. The molecule has 1 heterocycles. The van der Waals surface area contributed by atoms with E-state index in [-0.39, 0.29) is 34.5 Å². The summed E-state index contributed by atoms with van der Waals surface area (Å²) in [5.41, 5.74) is -3.45. The number of carbonyl (C=O) groups is 7. The maximum absolute atomic E-state index is 12.8. The highest BCUT2D eigenvalue weighted by Crippen LogP contribution is 2.63. The minimum absolute atomic E-state index is 0.0335. The number of rotatable bonds is 17. The van der Waals surface area contributed by atoms with Gasteiger partial charge in [0.2, 0.25) is 6.10 Å². The molecule has 13 aliphatic rings. The Bertz CT molecular complexity index is 2220. The lowest BCUT2D eigenvalue weighted by Gasteiger charge is -2.62. The van der Waals surface area contributed by atoms with Crippen LogP contribution in [0.4, 0.5) is 0 Å². The largest absolute Gasteiger partial charge is 0.463 e. The Labute approximate surface area is 485 Å². The Morgan fingerprint density at radius 1 is 0.531 bits per heavy atom. The van der Waals surface area contributed by atoms with Crippen molar-refractivity contribution in [2.75, 3.05) is 19.8 Å². The van der Waals surface area contributed by atoms with Crippen LogP contribution in [0.5, 0.6) is 0 Å². The van der Waals surface area contributed by atoms with Crippen molar-refractivity contribution >= 4 is 41.8 Å². The summed E-state index contributed by atoms with van der Waals surface area (Å²) in [6, 6.07) is 0. The van der Waals surface area contributed by atoms with E-state index in [4.69, 9.17) is 33.2 Å². The minimum Gasteiger partial charge on any atom is -0.463 e. The van der Waals surface area contributed by atoms with Crippen LogP contribution in [0.3, 0.4) is 0 Å². The average Bonchev–Trinajstić information content (AvgIpc) is 3.79. The molecule has 0 aromatic heterocycles.